The molecular weight excluding hydrogens is 226 g/mol. The van der Waals surface area contributed by atoms with Gasteiger partial charge in [-0.2, -0.15) is 0 Å². The van der Waals surface area contributed by atoms with Crippen LogP contribution >= 0.6 is 0 Å². The maximum atomic E-state index is 12.0. The first kappa shape index (κ1) is 15.4. The van der Waals surface area contributed by atoms with E-state index in [-0.39, 0.29) is 11.8 Å². The predicted molar refractivity (Wildman–Crippen MR) is 75.3 cm³/mol. The smallest absolute Gasteiger partial charge is 0.224 e. The summed E-state index contributed by atoms with van der Waals surface area (Å²) in [6.45, 7) is 7.68. The number of piperidine rings is 1. The number of nitrogens with two attached hydrogens (primary N) is 1. The Balaban J connectivity index is 2.46. The number of nitrogens with one attached hydrogen (secondary N) is 1. The number of nitrogens with zero attached hydrogens (tertiary/aromatic N) is 1. The molecule has 1 fully saturated rings. The van der Waals surface area contributed by atoms with E-state index in [1.165, 1.54) is 19.3 Å². The Morgan fingerprint density at radius 2 is 2.28 bits per heavy atom. The average Bonchev–Trinajstić information content (AvgIpc) is 2.42. The summed E-state index contributed by atoms with van der Waals surface area (Å²) >= 11 is 0. The van der Waals surface area contributed by atoms with Gasteiger partial charge in [0.25, 0.3) is 0 Å². The number of rotatable bonds is 7. The lowest BCUT2D eigenvalue weighted by Gasteiger charge is -2.37. The standard InChI is InChI=1S/C14H29N3O/c1-3-6-13(4-2)17-10-5-7-12(11-17)14(18)16-9-8-15/h12-13H,3-11,15H2,1-2H3,(H,16,18). The minimum atomic E-state index is 0.163. The predicted octanol–water partition coefficient (Wildman–Crippen LogP) is 1.35. The van der Waals surface area contributed by atoms with Gasteiger partial charge in [-0.3, -0.25) is 9.69 Å². The number of hydrogen-bond acceptors (Lipinski definition) is 3. The molecule has 3 N–H and O–H groups in total. The molecule has 1 saturated heterocycles. The summed E-state index contributed by atoms with van der Waals surface area (Å²) in [5.74, 6) is 0.354. The molecule has 1 aliphatic rings. The maximum Gasteiger partial charge on any atom is 0.224 e. The second kappa shape index (κ2) is 8.48. The van der Waals surface area contributed by atoms with E-state index in [0.717, 1.165) is 25.9 Å². The first-order valence-electron chi connectivity index (χ1n) is 7.44. The second-order valence-corrected chi connectivity index (χ2v) is 5.26. The van der Waals surface area contributed by atoms with E-state index in [1.54, 1.807) is 0 Å². The van der Waals surface area contributed by atoms with Crippen molar-refractivity contribution in [3.63, 3.8) is 0 Å². The molecule has 2 atom stereocenters. The van der Waals surface area contributed by atoms with Crippen LogP contribution in [0, 0.1) is 5.92 Å². The van der Waals surface area contributed by atoms with Crippen molar-refractivity contribution < 1.29 is 4.79 Å². The van der Waals surface area contributed by atoms with Gasteiger partial charge in [-0.15, -0.1) is 0 Å². The lowest BCUT2D eigenvalue weighted by atomic mass is 9.94. The van der Waals surface area contributed by atoms with Gasteiger partial charge in [0.05, 0.1) is 5.92 Å². The summed E-state index contributed by atoms with van der Waals surface area (Å²) < 4.78 is 0. The van der Waals surface area contributed by atoms with Gasteiger partial charge in [0.15, 0.2) is 0 Å². The molecule has 0 saturated carbocycles. The number of carbonyl (C=O) groups is 1. The average molecular weight is 255 g/mol. The van der Waals surface area contributed by atoms with E-state index in [0.29, 0.717) is 19.1 Å². The van der Waals surface area contributed by atoms with E-state index in [1.807, 2.05) is 0 Å². The van der Waals surface area contributed by atoms with Crippen LogP contribution in [0.15, 0.2) is 0 Å². The lowest BCUT2D eigenvalue weighted by Crippen LogP contribution is -2.47. The van der Waals surface area contributed by atoms with Crippen LogP contribution in [0.25, 0.3) is 0 Å². The normalized spacial score (nSPS) is 22.7. The SMILES string of the molecule is CCCC(CC)N1CCCC(C(=O)NCCN)C1. The number of likely N-dealkylation sites (tertiary alicyclic amines) is 1. The van der Waals surface area contributed by atoms with E-state index in [9.17, 15) is 4.79 Å². The molecule has 106 valence electrons. The Labute approximate surface area is 111 Å². The monoisotopic (exact) mass is 255 g/mol. The molecule has 0 aromatic carbocycles. The van der Waals surface area contributed by atoms with E-state index < -0.39 is 0 Å². The van der Waals surface area contributed by atoms with Gasteiger partial charge in [-0.1, -0.05) is 20.3 Å². The van der Waals surface area contributed by atoms with Gasteiger partial charge in [0, 0.05) is 25.7 Å². The second-order valence-electron chi connectivity index (χ2n) is 5.26. The van der Waals surface area contributed by atoms with Crippen molar-refractivity contribution in [2.24, 2.45) is 11.7 Å². The molecule has 0 aromatic heterocycles. The Morgan fingerprint density at radius 1 is 1.50 bits per heavy atom. The van der Waals surface area contributed by atoms with E-state index in [4.69, 9.17) is 5.73 Å². The third-order valence-electron chi connectivity index (χ3n) is 3.88. The Bertz CT molecular complexity index is 245. The zero-order valence-corrected chi connectivity index (χ0v) is 12.0. The van der Waals surface area contributed by atoms with Crippen LogP contribution in [-0.4, -0.2) is 43.0 Å². The van der Waals surface area contributed by atoms with Gasteiger partial charge in [-0.05, 0) is 32.2 Å². The molecule has 18 heavy (non-hydrogen) atoms. The molecule has 2 unspecified atom stereocenters. The molecule has 1 aliphatic heterocycles. The van der Waals surface area contributed by atoms with Crippen LogP contribution in [-0.2, 0) is 4.79 Å². The van der Waals surface area contributed by atoms with Crippen molar-refractivity contribution in [2.45, 2.75) is 52.0 Å². The van der Waals surface area contributed by atoms with Crippen LogP contribution < -0.4 is 11.1 Å². The number of amides is 1. The summed E-state index contributed by atoms with van der Waals surface area (Å²) in [5, 5.41) is 2.92. The molecular formula is C14H29N3O. The third-order valence-corrected chi connectivity index (χ3v) is 3.88. The van der Waals surface area contributed by atoms with Gasteiger partial charge in [0.1, 0.15) is 0 Å². The topological polar surface area (TPSA) is 58.4 Å². The third kappa shape index (κ3) is 4.58. The molecule has 0 aliphatic carbocycles. The van der Waals surface area contributed by atoms with Crippen LogP contribution in [0.1, 0.15) is 46.0 Å². The highest BCUT2D eigenvalue weighted by atomic mass is 16.1. The van der Waals surface area contributed by atoms with Crippen molar-refractivity contribution in [1.29, 1.82) is 0 Å². The molecule has 0 bridgehead atoms. The van der Waals surface area contributed by atoms with Gasteiger partial charge < -0.3 is 11.1 Å². The summed E-state index contributed by atoms with van der Waals surface area (Å²) in [5.41, 5.74) is 5.42. The largest absolute Gasteiger partial charge is 0.355 e. The van der Waals surface area contributed by atoms with Crippen molar-refractivity contribution in [3.05, 3.63) is 0 Å². The fourth-order valence-electron chi connectivity index (χ4n) is 2.87. The van der Waals surface area contributed by atoms with Crippen LogP contribution in [0.5, 0.6) is 0 Å². The Kier molecular flexibility index (Phi) is 7.28. The number of carbonyl (C=O) groups excluding carboxylic acids is 1. The molecule has 1 amide bonds. The Morgan fingerprint density at radius 3 is 2.89 bits per heavy atom. The zero-order valence-electron chi connectivity index (χ0n) is 12.0. The highest BCUT2D eigenvalue weighted by Gasteiger charge is 2.28. The molecule has 4 nitrogen and oxygen atoms in total. The minimum Gasteiger partial charge on any atom is -0.355 e. The van der Waals surface area contributed by atoms with Crippen molar-refractivity contribution in [1.82, 2.24) is 10.2 Å². The fourth-order valence-corrected chi connectivity index (χ4v) is 2.87. The molecule has 0 spiro atoms. The van der Waals surface area contributed by atoms with Crippen LogP contribution in [0.4, 0.5) is 0 Å². The quantitative estimate of drug-likeness (QED) is 0.722. The molecule has 4 heteroatoms. The highest BCUT2D eigenvalue weighted by Crippen LogP contribution is 2.21. The van der Waals surface area contributed by atoms with E-state index in [2.05, 4.69) is 24.1 Å². The highest BCUT2D eigenvalue weighted by molar-refractivity contribution is 5.78. The van der Waals surface area contributed by atoms with Gasteiger partial charge >= 0.3 is 0 Å². The minimum absolute atomic E-state index is 0.163. The molecule has 0 aromatic rings. The lowest BCUT2D eigenvalue weighted by molar-refractivity contribution is -0.127. The summed E-state index contributed by atoms with van der Waals surface area (Å²) in [6, 6.07) is 0.653. The van der Waals surface area contributed by atoms with E-state index >= 15 is 0 Å². The summed E-state index contributed by atoms with van der Waals surface area (Å²) in [4.78, 5) is 14.5. The van der Waals surface area contributed by atoms with Crippen molar-refractivity contribution in [2.75, 3.05) is 26.2 Å². The Hall–Kier alpha value is -0.610. The zero-order chi connectivity index (χ0) is 13.4. The first-order chi connectivity index (χ1) is 8.72. The fraction of sp³-hybridized carbons (Fsp3) is 0.929. The molecule has 0 radical (unpaired) electrons. The van der Waals surface area contributed by atoms with Gasteiger partial charge in [-0.25, -0.2) is 0 Å². The van der Waals surface area contributed by atoms with Crippen molar-refractivity contribution in [3.8, 4) is 0 Å². The number of hydrogen-bond donors (Lipinski definition) is 2. The summed E-state index contributed by atoms with van der Waals surface area (Å²) in [7, 11) is 0. The summed E-state index contributed by atoms with van der Waals surface area (Å²) in [6.07, 6.45) is 5.81. The molecule has 1 heterocycles. The first-order valence-corrected chi connectivity index (χ1v) is 7.44. The van der Waals surface area contributed by atoms with Crippen LogP contribution in [0.3, 0.4) is 0 Å². The van der Waals surface area contributed by atoms with Crippen molar-refractivity contribution >= 4 is 5.91 Å². The van der Waals surface area contributed by atoms with Gasteiger partial charge in [0.2, 0.25) is 5.91 Å². The molecule has 1 rings (SSSR count). The maximum absolute atomic E-state index is 12.0. The van der Waals surface area contributed by atoms with Crippen LogP contribution in [0.2, 0.25) is 0 Å².